The van der Waals surface area contributed by atoms with Gasteiger partial charge in [-0.2, -0.15) is 0 Å². The normalized spacial score (nSPS) is 15.8. The first-order valence-electron chi connectivity index (χ1n) is 14.3. The van der Waals surface area contributed by atoms with Gasteiger partial charge in [0.25, 0.3) is 0 Å². The predicted octanol–water partition coefficient (Wildman–Crippen LogP) is 11.2. The van der Waals surface area contributed by atoms with Crippen LogP contribution in [0.3, 0.4) is 0 Å². The second-order valence-electron chi connectivity index (χ2n) is 10.6. The molecule has 0 fully saturated rings. The molecule has 0 amide bonds. The SMILES string of the molecule is CCC[CH2][Sn]([CH2]CCC)([CH2]CCC)[C]1=C(c2ccccc2)C(c2ccccc2)=C(Br)[Si]1(CC)CC. The van der Waals surface area contributed by atoms with Crippen LogP contribution in [-0.4, -0.2) is 26.5 Å². The van der Waals surface area contributed by atoms with Gasteiger partial charge in [-0.05, 0) is 0 Å². The van der Waals surface area contributed by atoms with Crippen LogP contribution in [0.15, 0.2) is 68.0 Å². The maximum absolute atomic E-state index is 4.39. The van der Waals surface area contributed by atoms with Crippen molar-refractivity contribution in [3.63, 3.8) is 0 Å². The second-order valence-corrected chi connectivity index (χ2v) is 31.1. The Bertz CT molecular complexity index is 967. The van der Waals surface area contributed by atoms with E-state index in [9.17, 15) is 0 Å². The van der Waals surface area contributed by atoms with E-state index < -0.39 is 26.5 Å². The van der Waals surface area contributed by atoms with Gasteiger partial charge in [0.15, 0.2) is 0 Å². The molecule has 0 atom stereocenters. The number of halogens is 1. The molecule has 190 valence electrons. The van der Waals surface area contributed by atoms with Crippen molar-refractivity contribution < 1.29 is 0 Å². The second kappa shape index (κ2) is 13.8. The quantitative estimate of drug-likeness (QED) is 0.177. The molecular formula is C32H47BrSiSn. The van der Waals surface area contributed by atoms with Crippen molar-refractivity contribution in [3.8, 4) is 0 Å². The van der Waals surface area contributed by atoms with Gasteiger partial charge in [0, 0.05) is 0 Å². The van der Waals surface area contributed by atoms with Crippen molar-refractivity contribution in [1.29, 1.82) is 0 Å². The molecule has 0 unspecified atom stereocenters. The average molecular weight is 658 g/mol. The van der Waals surface area contributed by atoms with E-state index in [2.05, 4.69) is 114 Å². The fraction of sp³-hybridized carbons (Fsp3) is 0.500. The number of allylic oxidation sites excluding steroid dienone is 2. The summed E-state index contributed by atoms with van der Waals surface area (Å²) in [6, 6.07) is 25.5. The zero-order valence-electron chi connectivity index (χ0n) is 22.9. The Labute approximate surface area is 229 Å². The molecule has 0 N–H and O–H groups in total. The molecule has 0 aromatic heterocycles. The first-order valence-corrected chi connectivity index (χ1v) is 25.0. The topological polar surface area (TPSA) is 0 Å². The molecule has 0 saturated carbocycles. The first kappa shape index (κ1) is 29.0. The molecule has 1 aliphatic rings. The molecule has 0 bridgehead atoms. The van der Waals surface area contributed by atoms with Gasteiger partial charge >= 0.3 is 231 Å². The Hall–Kier alpha value is -0.584. The summed E-state index contributed by atoms with van der Waals surface area (Å²) in [7, 11) is -1.82. The summed E-state index contributed by atoms with van der Waals surface area (Å²) in [5.41, 5.74) is 6.11. The fourth-order valence-electron chi connectivity index (χ4n) is 6.57. The van der Waals surface area contributed by atoms with E-state index >= 15 is 0 Å². The standard InChI is InChI=1S/C20H20BrSi.3C4H9.Sn/c1-3-22(4-2)15-18(16-11-7-5-8-12-16)19(20(22)21)17-13-9-6-10-14-17;3*1-3-4-2;/h5-14H,3-4H2,1-2H3;3*1,3-4H2,2H3;. The van der Waals surface area contributed by atoms with Gasteiger partial charge in [-0.3, -0.25) is 0 Å². The van der Waals surface area contributed by atoms with Crippen molar-refractivity contribution in [1.82, 2.24) is 0 Å². The van der Waals surface area contributed by atoms with Crippen LogP contribution in [0.25, 0.3) is 11.1 Å². The number of rotatable bonds is 14. The molecule has 0 aliphatic carbocycles. The Morgan fingerprint density at radius 1 is 0.600 bits per heavy atom. The Morgan fingerprint density at radius 3 is 1.37 bits per heavy atom. The Morgan fingerprint density at radius 2 is 1.00 bits per heavy atom. The van der Waals surface area contributed by atoms with Crippen molar-refractivity contribution in [2.24, 2.45) is 0 Å². The molecule has 3 rings (SSSR count). The third-order valence-electron chi connectivity index (χ3n) is 8.51. The molecule has 0 radical (unpaired) electrons. The molecule has 2 aromatic rings. The van der Waals surface area contributed by atoms with Crippen LogP contribution in [0.1, 0.15) is 84.3 Å². The summed E-state index contributed by atoms with van der Waals surface area (Å²) < 4.78 is 8.36. The van der Waals surface area contributed by atoms with E-state index in [1.807, 2.05) is 0 Å². The summed E-state index contributed by atoms with van der Waals surface area (Å²) in [6.07, 6.45) is 8.26. The van der Waals surface area contributed by atoms with E-state index in [1.54, 1.807) is 28.6 Å². The maximum atomic E-state index is 4.39. The molecule has 3 heteroatoms. The average Bonchev–Trinajstić information content (AvgIpc) is 3.18. The van der Waals surface area contributed by atoms with Gasteiger partial charge in [-0.25, -0.2) is 0 Å². The van der Waals surface area contributed by atoms with Crippen molar-refractivity contribution >= 4 is 53.5 Å². The molecule has 1 heterocycles. The van der Waals surface area contributed by atoms with Crippen LogP contribution in [0.4, 0.5) is 0 Å². The van der Waals surface area contributed by atoms with Crippen LogP contribution >= 0.6 is 15.9 Å². The molecule has 0 spiro atoms. The minimum absolute atomic E-state index is 1.33. The molecule has 0 saturated heterocycles. The Balaban J connectivity index is 2.45. The van der Waals surface area contributed by atoms with Crippen LogP contribution < -0.4 is 0 Å². The van der Waals surface area contributed by atoms with Gasteiger partial charge < -0.3 is 0 Å². The van der Waals surface area contributed by atoms with E-state index in [0.29, 0.717) is 0 Å². The molecule has 35 heavy (non-hydrogen) atoms. The van der Waals surface area contributed by atoms with Crippen LogP contribution in [-0.2, 0) is 0 Å². The monoisotopic (exact) mass is 658 g/mol. The number of unbranched alkanes of at least 4 members (excludes halogenated alkanes) is 3. The van der Waals surface area contributed by atoms with Gasteiger partial charge in [0.2, 0.25) is 0 Å². The number of hydrogen-bond donors (Lipinski definition) is 0. The third kappa shape index (κ3) is 5.96. The minimum atomic E-state index is -2.72. The zero-order valence-corrected chi connectivity index (χ0v) is 28.4. The van der Waals surface area contributed by atoms with Crippen molar-refractivity contribution in [2.45, 2.75) is 98.5 Å². The molecular weight excluding hydrogens is 611 g/mol. The number of hydrogen-bond acceptors (Lipinski definition) is 0. The third-order valence-corrected chi connectivity index (χ3v) is 38.5. The van der Waals surface area contributed by atoms with E-state index in [4.69, 9.17) is 0 Å². The summed E-state index contributed by atoms with van der Waals surface area (Å²) in [4.78, 5) is 0. The fourth-order valence-corrected chi connectivity index (χ4v) is 46.1. The van der Waals surface area contributed by atoms with E-state index in [1.165, 1.54) is 61.7 Å². The van der Waals surface area contributed by atoms with Gasteiger partial charge in [0.1, 0.15) is 0 Å². The molecule has 0 nitrogen and oxygen atoms in total. The van der Waals surface area contributed by atoms with Gasteiger partial charge in [0.05, 0.1) is 0 Å². The summed E-state index contributed by atoms with van der Waals surface area (Å²) in [5, 5.41) is 0. The Kier molecular flexibility index (Phi) is 11.4. The zero-order chi connectivity index (χ0) is 25.3. The van der Waals surface area contributed by atoms with Crippen molar-refractivity contribution in [2.75, 3.05) is 0 Å². The molecule has 1 aliphatic heterocycles. The van der Waals surface area contributed by atoms with E-state index in [-0.39, 0.29) is 0 Å². The van der Waals surface area contributed by atoms with Gasteiger partial charge in [-0.1, -0.05) is 0 Å². The predicted molar refractivity (Wildman–Crippen MR) is 167 cm³/mol. The van der Waals surface area contributed by atoms with Crippen LogP contribution in [0.5, 0.6) is 0 Å². The van der Waals surface area contributed by atoms with Crippen LogP contribution in [0.2, 0.25) is 25.4 Å². The first-order chi connectivity index (χ1) is 17.0. The summed E-state index contributed by atoms with van der Waals surface area (Å²) in [5.74, 6) is 0. The number of benzene rings is 2. The summed E-state index contributed by atoms with van der Waals surface area (Å²) >= 11 is 1.67. The van der Waals surface area contributed by atoms with E-state index in [0.717, 1.165) is 0 Å². The van der Waals surface area contributed by atoms with Crippen LogP contribution in [0, 0.1) is 0 Å². The van der Waals surface area contributed by atoms with Crippen molar-refractivity contribution in [3.05, 3.63) is 79.1 Å². The summed E-state index contributed by atoms with van der Waals surface area (Å²) in [6.45, 7) is 12.3. The van der Waals surface area contributed by atoms with Gasteiger partial charge in [-0.15, -0.1) is 0 Å². The molecule has 2 aromatic carbocycles.